The molecular weight excluding hydrogens is 232 g/mol. The lowest BCUT2D eigenvalue weighted by Crippen LogP contribution is -2.38. The van der Waals surface area contributed by atoms with Gasteiger partial charge in [-0.05, 0) is 18.8 Å². The summed E-state index contributed by atoms with van der Waals surface area (Å²) in [5.41, 5.74) is 0. The molecule has 1 fully saturated rings. The van der Waals surface area contributed by atoms with Crippen LogP contribution in [0.5, 0.6) is 0 Å². The number of nitrogens with zero attached hydrogens (tertiary/aromatic N) is 3. The van der Waals surface area contributed by atoms with Crippen molar-refractivity contribution in [2.75, 3.05) is 12.3 Å². The van der Waals surface area contributed by atoms with E-state index in [0.717, 1.165) is 29.4 Å². The van der Waals surface area contributed by atoms with Crippen molar-refractivity contribution in [1.29, 1.82) is 0 Å². The Morgan fingerprint density at radius 1 is 1.47 bits per heavy atom. The highest BCUT2D eigenvalue weighted by Crippen LogP contribution is 2.23. The van der Waals surface area contributed by atoms with E-state index in [2.05, 4.69) is 22.3 Å². The molecule has 1 aliphatic rings. The zero-order valence-electron chi connectivity index (χ0n) is 10.7. The van der Waals surface area contributed by atoms with Crippen LogP contribution in [-0.2, 0) is 7.05 Å². The molecule has 0 amide bonds. The van der Waals surface area contributed by atoms with E-state index in [0.29, 0.717) is 0 Å². The summed E-state index contributed by atoms with van der Waals surface area (Å²) in [6.45, 7) is 3.43. The largest absolute Gasteiger partial charge is 0.313 e. The average Bonchev–Trinajstić information content (AvgIpc) is 2.73. The van der Waals surface area contributed by atoms with Crippen LogP contribution in [0.25, 0.3) is 0 Å². The maximum absolute atomic E-state index is 4.20. The summed E-state index contributed by atoms with van der Waals surface area (Å²) in [4.78, 5) is 4.20. The second kappa shape index (κ2) is 6.40. The number of aromatic nitrogens is 3. The highest BCUT2D eigenvalue weighted by molar-refractivity contribution is 7.99. The van der Waals surface area contributed by atoms with Gasteiger partial charge in [0.05, 0.1) is 0 Å². The average molecular weight is 254 g/mol. The first-order valence-electron chi connectivity index (χ1n) is 6.47. The molecule has 0 aliphatic heterocycles. The fourth-order valence-electron chi connectivity index (χ4n) is 2.42. The molecule has 0 saturated heterocycles. The van der Waals surface area contributed by atoms with Crippen molar-refractivity contribution in [2.24, 2.45) is 13.0 Å². The van der Waals surface area contributed by atoms with Crippen molar-refractivity contribution in [1.82, 2.24) is 20.1 Å². The van der Waals surface area contributed by atoms with Gasteiger partial charge in [-0.1, -0.05) is 31.5 Å². The number of aryl methyl sites for hydroxylation is 1. The Morgan fingerprint density at radius 2 is 2.29 bits per heavy atom. The number of hydrogen-bond acceptors (Lipinski definition) is 4. The van der Waals surface area contributed by atoms with Crippen molar-refractivity contribution >= 4 is 11.8 Å². The Kier molecular flexibility index (Phi) is 4.86. The van der Waals surface area contributed by atoms with Crippen LogP contribution in [0.3, 0.4) is 0 Å². The standard InChI is InChI=1S/C12H22N4S/c1-10-5-3-4-6-11(10)13-7-8-17-12-14-9-15-16(12)2/h9-11,13H,3-8H2,1-2H3. The molecule has 0 radical (unpaired) electrons. The highest BCUT2D eigenvalue weighted by atomic mass is 32.2. The smallest absolute Gasteiger partial charge is 0.185 e. The Bertz CT molecular complexity index is 339. The molecule has 2 unspecified atom stereocenters. The Labute approximate surface area is 108 Å². The molecule has 1 heterocycles. The maximum atomic E-state index is 4.20. The van der Waals surface area contributed by atoms with E-state index >= 15 is 0 Å². The van der Waals surface area contributed by atoms with Gasteiger partial charge in [0.2, 0.25) is 0 Å². The molecule has 0 spiro atoms. The van der Waals surface area contributed by atoms with E-state index in [1.807, 2.05) is 11.7 Å². The van der Waals surface area contributed by atoms with Crippen LogP contribution in [0, 0.1) is 5.92 Å². The van der Waals surface area contributed by atoms with Gasteiger partial charge in [-0.3, -0.25) is 0 Å². The molecule has 5 heteroatoms. The summed E-state index contributed by atoms with van der Waals surface area (Å²) in [5.74, 6) is 1.90. The van der Waals surface area contributed by atoms with Crippen LogP contribution < -0.4 is 5.32 Å². The molecule has 2 rings (SSSR count). The lowest BCUT2D eigenvalue weighted by atomic mass is 9.86. The van der Waals surface area contributed by atoms with Crippen LogP contribution in [0.4, 0.5) is 0 Å². The third kappa shape index (κ3) is 3.71. The topological polar surface area (TPSA) is 42.7 Å². The van der Waals surface area contributed by atoms with Crippen molar-refractivity contribution in [3.63, 3.8) is 0 Å². The summed E-state index contributed by atoms with van der Waals surface area (Å²) >= 11 is 1.77. The minimum absolute atomic E-state index is 0.726. The number of nitrogens with one attached hydrogen (secondary N) is 1. The number of thioether (sulfide) groups is 1. The summed E-state index contributed by atoms with van der Waals surface area (Å²) in [7, 11) is 1.94. The van der Waals surface area contributed by atoms with E-state index in [4.69, 9.17) is 0 Å². The molecule has 0 aromatic carbocycles. The van der Waals surface area contributed by atoms with Crippen LogP contribution in [-0.4, -0.2) is 33.1 Å². The summed E-state index contributed by atoms with van der Waals surface area (Å²) in [6.07, 6.45) is 7.13. The molecule has 4 nitrogen and oxygen atoms in total. The van der Waals surface area contributed by atoms with Crippen molar-refractivity contribution in [2.45, 2.75) is 43.8 Å². The van der Waals surface area contributed by atoms with Gasteiger partial charge in [0.15, 0.2) is 5.16 Å². The van der Waals surface area contributed by atoms with Crippen LogP contribution >= 0.6 is 11.8 Å². The molecule has 1 aromatic heterocycles. The number of rotatable bonds is 5. The molecule has 17 heavy (non-hydrogen) atoms. The highest BCUT2D eigenvalue weighted by Gasteiger charge is 2.20. The fourth-order valence-corrected chi connectivity index (χ4v) is 3.18. The fraction of sp³-hybridized carbons (Fsp3) is 0.833. The summed E-state index contributed by atoms with van der Waals surface area (Å²) in [6, 6.07) is 0.726. The normalized spacial score (nSPS) is 25.1. The van der Waals surface area contributed by atoms with Gasteiger partial charge in [0.25, 0.3) is 0 Å². The van der Waals surface area contributed by atoms with Crippen LogP contribution in [0.2, 0.25) is 0 Å². The third-order valence-electron chi connectivity index (χ3n) is 3.52. The quantitative estimate of drug-likeness (QED) is 0.645. The van der Waals surface area contributed by atoms with Crippen molar-refractivity contribution in [3.05, 3.63) is 6.33 Å². The Balaban J connectivity index is 1.64. The van der Waals surface area contributed by atoms with Gasteiger partial charge in [-0.25, -0.2) is 9.67 Å². The van der Waals surface area contributed by atoms with E-state index < -0.39 is 0 Å². The third-order valence-corrected chi connectivity index (χ3v) is 4.56. The minimum Gasteiger partial charge on any atom is -0.313 e. The molecule has 1 N–H and O–H groups in total. The predicted molar refractivity (Wildman–Crippen MR) is 71.1 cm³/mol. The van der Waals surface area contributed by atoms with E-state index in [1.165, 1.54) is 25.7 Å². The number of hydrogen-bond donors (Lipinski definition) is 1. The lowest BCUT2D eigenvalue weighted by molar-refractivity contribution is 0.285. The zero-order chi connectivity index (χ0) is 12.1. The lowest BCUT2D eigenvalue weighted by Gasteiger charge is -2.29. The molecule has 2 atom stereocenters. The van der Waals surface area contributed by atoms with Crippen molar-refractivity contribution < 1.29 is 0 Å². The molecule has 1 aliphatic carbocycles. The Morgan fingerprint density at radius 3 is 3.00 bits per heavy atom. The predicted octanol–water partition coefficient (Wildman–Crippen LogP) is 2.08. The van der Waals surface area contributed by atoms with Gasteiger partial charge in [0.1, 0.15) is 6.33 Å². The Hall–Kier alpha value is -0.550. The molecule has 96 valence electrons. The molecule has 1 saturated carbocycles. The van der Waals surface area contributed by atoms with E-state index in [9.17, 15) is 0 Å². The van der Waals surface area contributed by atoms with Gasteiger partial charge in [0, 0.05) is 25.4 Å². The van der Waals surface area contributed by atoms with Crippen LogP contribution in [0.15, 0.2) is 11.5 Å². The van der Waals surface area contributed by atoms with E-state index in [-0.39, 0.29) is 0 Å². The zero-order valence-corrected chi connectivity index (χ0v) is 11.5. The summed E-state index contributed by atoms with van der Waals surface area (Å²) in [5, 5.41) is 8.74. The van der Waals surface area contributed by atoms with E-state index in [1.54, 1.807) is 18.1 Å². The van der Waals surface area contributed by atoms with Gasteiger partial charge in [-0.2, -0.15) is 5.10 Å². The first kappa shape index (κ1) is 12.9. The molecule has 1 aromatic rings. The van der Waals surface area contributed by atoms with Crippen LogP contribution in [0.1, 0.15) is 32.6 Å². The first-order valence-corrected chi connectivity index (χ1v) is 7.46. The summed E-state index contributed by atoms with van der Waals surface area (Å²) < 4.78 is 1.83. The van der Waals surface area contributed by atoms with Crippen molar-refractivity contribution in [3.8, 4) is 0 Å². The van der Waals surface area contributed by atoms with Gasteiger partial charge >= 0.3 is 0 Å². The van der Waals surface area contributed by atoms with Gasteiger partial charge < -0.3 is 5.32 Å². The van der Waals surface area contributed by atoms with Gasteiger partial charge in [-0.15, -0.1) is 0 Å². The SMILES string of the molecule is CC1CCCCC1NCCSc1ncnn1C. The molecular formula is C12H22N4S. The minimum atomic E-state index is 0.726. The monoisotopic (exact) mass is 254 g/mol. The first-order chi connectivity index (χ1) is 8.27. The second-order valence-electron chi connectivity index (χ2n) is 4.84. The second-order valence-corrected chi connectivity index (χ2v) is 5.90. The maximum Gasteiger partial charge on any atom is 0.185 e. The molecule has 0 bridgehead atoms.